The fourth-order valence-electron chi connectivity index (χ4n) is 4.01. The van der Waals surface area contributed by atoms with Crippen LogP contribution in [0, 0.1) is 18.7 Å². The minimum Gasteiger partial charge on any atom is -0.372 e. The number of hydrogen-bond donors (Lipinski definition) is 1. The Morgan fingerprint density at radius 2 is 1.71 bits per heavy atom. The van der Waals surface area contributed by atoms with E-state index in [4.69, 9.17) is 0 Å². The lowest BCUT2D eigenvalue weighted by atomic mass is 9.95. The van der Waals surface area contributed by atoms with Gasteiger partial charge in [0.25, 0.3) is 5.91 Å². The first-order chi connectivity index (χ1) is 14.9. The van der Waals surface area contributed by atoms with Crippen LogP contribution >= 0.6 is 0 Å². The minimum atomic E-state index is -0.260. The van der Waals surface area contributed by atoms with E-state index in [1.807, 2.05) is 35.2 Å². The first-order valence-electron chi connectivity index (χ1n) is 11.1. The second-order valence-electron chi connectivity index (χ2n) is 8.09. The number of hydrogen-bond acceptors (Lipinski definition) is 3. The molecule has 1 aliphatic rings. The van der Waals surface area contributed by atoms with Crippen LogP contribution in [0.25, 0.3) is 0 Å². The van der Waals surface area contributed by atoms with Crippen LogP contribution in [0.4, 0.5) is 10.1 Å². The third-order valence-electron chi connectivity index (χ3n) is 6.10. The maximum atomic E-state index is 13.7. The van der Waals surface area contributed by atoms with E-state index in [0.29, 0.717) is 43.6 Å². The van der Waals surface area contributed by atoms with Crippen LogP contribution in [-0.2, 0) is 11.3 Å². The number of amides is 2. The molecule has 3 rings (SSSR count). The number of carbonyl (C=O) groups excluding carboxylic acids is 2. The normalized spacial score (nSPS) is 14.4. The number of anilines is 1. The first-order valence-corrected chi connectivity index (χ1v) is 11.1. The molecule has 0 radical (unpaired) electrons. The molecule has 0 aromatic heterocycles. The molecule has 1 fully saturated rings. The molecule has 1 N–H and O–H groups in total. The number of nitrogens with one attached hydrogen (secondary N) is 1. The largest absolute Gasteiger partial charge is 0.372 e. The number of carbonyl (C=O) groups is 2. The molecule has 31 heavy (non-hydrogen) atoms. The van der Waals surface area contributed by atoms with Crippen LogP contribution in [0.2, 0.25) is 0 Å². The summed E-state index contributed by atoms with van der Waals surface area (Å²) in [6.45, 7) is 9.24. The van der Waals surface area contributed by atoms with Crippen molar-refractivity contribution in [2.45, 2.75) is 40.2 Å². The van der Waals surface area contributed by atoms with Gasteiger partial charge >= 0.3 is 0 Å². The smallest absolute Gasteiger partial charge is 0.253 e. The Morgan fingerprint density at radius 3 is 2.29 bits per heavy atom. The zero-order valence-corrected chi connectivity index (χ0v) is 18.7. The first kappa shape index (κ1) is 22.8. The van der Waals surface area contributed by atoms with Gasteiger partial charge in [-0.25, -0.2) is 4.39 Å². The molecule has 6 heteroatoms. The van der Waals surface area contributed by atoms with Crippen molar-refractivity contribution in [3.8, 4) is 0 Å². The van der Waals surface area contributed by atoms with Crippen LogP contribution in [0.1, 0.15) is 48.2 Å². The molecule has 0 spiro atoms. The van der Waals surface area contributed by atoms with Gasteiger partial charge in [0.1, 0.15) is 5.82 Å². The summed E-state index contributed by atoms with van der Waals surface area (Å²) in [7, 11) is 0. The van der Waals surface area contributed by atoms with Crippen molar-refractivity contribution in [1.82, 2.24) is 10.2 Å². The average Bonchev–Trinajstić information content (AvgIpc) is 2.80. The SMILES string of the molecule is CCN(CC)c1ccc(C(=O)N2CCC(C(=O)NCc3ccc(C)c(F)c3)CC2)cc1. The summed E-state index contributed by atoms with van der Waals surface area (Å²) in [4.78, 5) is 29.4. The predicted octanol–water partition coefficient (Wildman–Crippen LogP) is 4.15. The van der Waals surface area contributed by atoms with Gasteiger partial charge in [-0.1, -0.05) is 12.1 Å². The Balaban J connectivity index is 1.49. The lowest BCUT2D eigenvalue weighted by Gasteiger charge is -2.31. The quantitative estimate of drug-likeness (QED) is 0.725. The highest BCUT2D eigenvalue weighted by Gasteiger charge is 2.27. The van der Waals surface area contributed by atoms with E-state index in [2.05, 4.69) is 24.1 Å². The molecule has 1 aliphatic heterocycles. The number of benzene rings is 2. The van der Waals surface area contributed by atoms with Gasteiger partial charge in [-0.15, -0.1) is 0 Å². The van der Waals surface area contributed by atoms with Crippen LogP contribution in [0.3, 0.4) is 0 Å². The topological polar surface area (TPSA) is 52.7 Å². The molecule has 2 aromatic carbocycles. The molecule has 0 bridgehead atoms. The second kappa shape index (κ2) is 10.4. The third-order valence-corrected chi connectivity index (χ3v) is 6.10. The molecule has 1 saturated heterocycles. The molecule has 166 valence electrons. The molecule has 5 nitrogen and oxygen atoms in total. The molecule has 2 aromatic rings. The van der Waals surface area contributed by atoms with Crippen molar-refractivity contribution in [1.29, 1.82) is 0 Å². The fraction of sp³-hybridized carbons (Fsp3) is 0.440. The minimum absolute atomic E-state index is 0.0140. The van der Waals surface area contributed by atoms with Crippen LogP contribution in [-0.4, -0.2) is 42.9 Å². The zero-order valence-electron chi connectivity index (χ0n) is 18.7. The number of piperidine rings is 1. The number of likely N-dealkylation sites (tertiary alicyclic amines) is 1. The van der Waals surface area contributed by atoms with Gasteiger partial charge in [-0.2, -0.15) is 0 Å². The van der Waals surface area contributed by atoms with E-state index in [0.717, 1.165) is 24.3 Å². The summed E-state index contributed by atoms with van der Waals surface area (Å²) in [5.41, 5.74) is 3.14. The molecule has 0 saturated carbocycles. The lowest BCUT2D eigenvalue weighted by molar-refractivity contribution is -0.126. The van der Waals surface area contributed by atoms with Gasteiger partial charge in [-0.3, -0.25) is 9.59 Å². The maximum Gasteiger partial charge on any atom is 0.253 e. The highest BCUT2D eigenvalue weighted by Crippen LogP contribution is 2.21. The summed E-state index contributed by atoms with van der Waals surface area (Å²) in [5, 5.41) is 2.91. The van der Waals surface area contributed by atoms with Crippen molar-refractivity contribution in [3.63, 3.8) is 0 Å². The second-order valence-corrected chi connectivity index (χ2v) is 8.09. The fourth-order valence-corrected chi connectivity index (χ4v) is 4.01. The maximum absolute atomic E-state index is 13.7. The third kappa shape index (κ3) is 5.63. The van der Waals surface area contributed by atoms with E-state index in [1.165, 1.54) is 6.07 Å². The Bertz CT molecular complexity index is 901. The van der Waals surface area contributed by atoms with Crippen LogP contribution < -0.4 is 10.2 Å². The van der Waals surface area contributed by atoms with Gasteiger partial charge in [0.15, 0.2) is 0 Å². The van der Waals surface area contributed by atoms with Gasteiger partial charge in [0.05, 0.1) is 0 Å². The zero-order chi connectivity index (χ0) is 22.4. The Labute approximate surface area is 184 Å². The summed E-state index contributed by atoms with van der Waals surface area (Å²) in [6.07, 6.45) is 1.27. The summed E-state index contributed by atoms with van der Waals surface area (Å²) in [5.74, 6) is -0.398. The highest BCUT2D eigenvalue weighted by molar-refractivity contribution is 5.94. The van der Waals surface area contributed by atoms with E-state index >= 15 is 0 Å². The lowest BCUT2D eigenvalue weighted by Crippen LogP contribution is -2.42. The summed E-state index contributed by atoms with van der Waals surface area (Å²) in [6, 6.07) is 12.8. The molecule has 0 aliphatic carbocycles. The van der Waals surface area contributed by atoms with E-state index in [1.54, 1.807) is 13.0 Å². The van der Waals surface area contributed by atoms with Crippen LogP contribution in [0.15, 0.2) is 42.5 Å². The van der Waals surface area contributed by atoms with Gasteiger partial charge < -0.3 is 15.1 Å². The highest BCUT2D eigenvalue weighted by atomic mass is 19.1. The standard InChI is InChI=1S/C25H32FN3O2/c1-4-28(5-2)22-10-8-21(9-11-22)25(31)29-14-12-20(13-15-29)24(30)27-17-19-7-6-18(3)23(26)16-19/h6-11,16,20H,4-5,12-15,17H2,1-3H3,(H,27,30). The Morgan fingerprint density at radius 1 is 1.06 bits per heavy atom. The summed E-state index contributed by atoms with van der Waals surface area (Å²) < 4.78 is 13.7. The molecule has 1 heterocycles. The van der Waals surface area contributed by atoms with Crippen molar-refractivity contribution in [2.24, 2.45) is 5.92 Å². The van der Waals surface area contributed by atoms with Crippen molar-refractivity contribution >= 4 is 17.5 Å². The Kier molecular flexibility index (Phi) is 7.66. The monoisotopic (exact) mass is 425 g/mol. The van der Waals surface area contributed by atoms with Crippen LogP contribution in [0.5, 0.6) is 0 Å². The van der Waals surface area contributed by atoms with Gasteiger partial charge in [0.2, 0.25) is 5.91 Å². The summed E-state index contributed by atoms with van der Waals surface area (Å²) >= 11 is 0. The van der Waals surface area contributed by atoms with Crippen molar-refractivity contribution < 1.29 is 14.0 Å². The molecular formula is C25H32FN3O2. The molecule has 0 atom stereocenters. The number of nitrogens with zero attached hydrogens (tertiary/aromatic N) is 2. The van der Waals surface area contributed by atoms with E-state index in [9.17, 15) is 14.0 Å². The van der Waals surface area contributed by atoms with Crippen molar-refractivity contribution in [2.75, 3.05) is 31.1 Å². The van der Waals surface area contributed by atoms with Crippen molar-refractivity contribution in [3.05, 3.63) is 65.0 Å². The molecule has 0 unspecified atom stereocenters. The number of aryl methyl sites for hydroxylation is 1. The van der Waals surface area contributed by atoms with Gasteiger partial charge in [0, 0.05) is 49.9 Å². The Hall–Kier alpha value is -2.89. The molecule has 2 amide bonds. The van der Waals surface area contributed by atoms with E-state index < -0.39 is 0 Å². The predicted molar refractivity (Wildman–Crippen MR) is 122 cm³/mol. The van der Waals surface area contributed by atoms with E-state index in [-0.39, 0.29) is 23.5 Å². The van der Waals surface area contributed by atoms with Gasteiger partial charge in [-0.05, 0) is 75.1 Å². The number of rotatable bonds is 7. The average molecular weight is 426 g/mol. The number of halogens is 1. The molecular weight excluding hydrogens is 393 g/mol.